The molecule has 0 saturated heterocycles. The topological polar surface area (TPSA) is 66.4 Å². The van der Waals surface area contributed by atoms with Gasteiger partial charge in [0.1, 0.15) is 0 Å². The quantitative estimate of drug-likeness (QED) is 0.746. The molecule has 0 heterocycles. The zero-order chi connectivity index (χ0) is 14.3. The highest BCUT2D eigenvalue weighted by Gasteiger charge is 2.37. The largest absolute Gasteiger partial charge is 0.481 e. The molecular weight excluding hydrogens is 242 g/mol. The summed E-state index contributed by atoms with van der Waals surface area (Å²) < 4.78 is 0. The number of carboxylic acid groups (broad SMARTS) is 1. The van der Waals surface area contributed by atoms with E-state index in [0.29, 0.717) is 6.42 Å². The molecule has 1 aliphatic rings. The zero-order valence-electron chi connectivity index (χ0n) is 12.2. The predicted octanol–water partition coefficient (Wildman–Crippen LogP) is 2.96. The molecule has 0 radical (unpaired) electrons. The van der Waals surface area contributed by atoms with Gasteiger partial charge in [0, 0.05) is 12.0 Å². The molecule has 19 heavy (non-hydrogen) atoms. The van der Waals surface area contributed by atoms with Crippen molar-refractivity contribution in [1.29, 1.82) is 0 Å². The summed E-state index contributed by atoms with van der Waals surface area (Å²) in [6, 6.07) is 0. The van der Waals surface area contributed by atoms with Gasteiger partial charge in [0.25, 0.3) is 0 Å². The van der Waals surface area contributed by atoms with Crippen LogP contribution in [0.25, 0.3) is 0 Å². The van der Waals surface area contributed by atoms with Crippen LogP contribution < -0.4 is 5.32 Å². The monoisotopic (exact) mass is 269 g/mol. The predicted molar refractivity (Wildman–Crippen MR) is 74.9 cm³/mol. The number of carbonyl (C=O) groups excluding carboxylic acids is 1. The van der Waals surface area contributed by atoms with Crippen LogP contribution in [0.4, 0.5) is 0 Å². The summed E-state index contributed by atoms with van der Waals surface area (Å²) in [4.78, 5) is 23.5. The Morgan fingerprint density at radius 3 is 2.32 bits per heavy atom. The fraction of sp³-hybridized carbons (Fsp3) is 0.867. The molecule has 110 valence electrons. The second-order valence-corrected chi connectivity index (χ2v) is 5.73. The standard InChI is InChI=1S/C15H27NO3/c1-3-8-12(13(17)18)11-16-14(19)15(4-2)9-6-5-7-10-15/h12H,3-11H2,1-2H3,(H,16,19)(H,17,18). The van der Waals surface area contributed by atoms with Crippen molar-refractivity contribution >= 4 is 11.9 Å². The van der Waals surface area contributed by atoms with Gasteiger partial charge in [-0.3, -0.25) is 9.59 Å². The number of amides is 1. The molecular formula is C15H27NO3. The molecule has 1 saturated carbocycles. The Bertz CT molecular complexity index is 309. The lowest BCUT2D eigenvalue weighted by atomic mass is 9.71. The van der Waals surface area contributed by atoms with Crippen LogP contribution in [0.1, 0.15) is 65.2 Å². The summed E-state index contributed by atoms with van der Waals surface area (Å²) in [6.45, 7) is 4.29. The van der Waals surface area contributed by atoms with Crippen LogP contribution >= 0.6 is 0 Å². The molecule has 0 aromatic carbocycles. The van der Waals surface area contributed by atoms with E-state index in [-0.39, 0.29) is 17.9 Å². The first-order valence-corrected chi connectivity index (χ1v) is 7.57. The van der Waals surface area contributed by atoms with Gasteiger partial charge in [-0.05, 0) is 25.7 Å². The molecule has 1 aliphatic carbocycles. The van der Waals surface area contributed by atoms with E-state index in [9.17, 15) is 9.59 Å². The molecule has 0 aromatic rings. The summed E-state index contributed by atoms with van der Waals surface area (Å²) in [7, 11) is 0. The first-order chi connectivity index (χ1) is 9.05. The summed E-state index contributed by atoms with van der Waals surface area (Å²) in [6.07, 6.45) is 7.62. The van der Waals surface area contributed by atoms with E-state index in [1.165, 1.54) is 6.42 Å². The van der Waals surface area contributed by atoms with Crippen LogP contribution in [0.5, 0.6) is 0 Å². The zero-order valence-corrected chi connectivity index (χ0v) is 12.2. The molecule has 4 heteroatoms. The second-order valence-electron chi connectivity index (χ2n) is 5.73. The van der Waals surface area contributed by atoms with E-state index >= 15 is 0 Å². The molecule has 1 amide bonds. The average Bonchev–Trinajstić information content (AvgIpc) is 2.43. The molecule has 0 aromatic heterocycles. The van der Waals surface area contributed by atoms with E-state index in [2.05, 4.69) is 12.2 Å². The lowest BCUT2D eigenvalue weighted by Gasteiger charge is -2.35. The average molecular weight is 269 g/mol. The number of rotatable bonds is 7. The Kier molecular flexibility index (Phi) is 6.32. The third-order valence-corrected chi connectivity index (χ3v) is 4.46. The highest BCUT2D eigenvalue weighted by molar-refractivity contribution is 5.83. The summed E-state index contributed by atoms with van der Waals surface area (Å²) in [5.74, 6) is -1.19. The van der Waals surface area contributed by atoms with E-state index < -0.39 is 11.9 Å². The van der Waals surface area contributed by atoms with Crippen LogP contribution in [0, 0.1) is 11.3 Å². The minimum absolute atomic E-state index is 0.0667. The van der Waals surface area contributed by atoms with Gasteiger partial charge in [-0.2, -0.15) is 0 Å². The number of nitrogens with one attached hydrogen (secondary N) is 1. The normalized spacial score (nSPS) is 19.7. The maximum atomic E-state index is 12.4. The summed E-state index contributed by atoms with van der Waals surface area (Å²) >= 11 is 0. The van der Waals surface area contributed by atoms with Crippen LogP contribution in [0.3, 0.4) is 0 Å². The molecule has 0 aliphatic heterocycles. The van der Waals surface area contributed by atoms with Gasteiger partial charge in [0.2, 0.25) is 5.91 Å². The Labute approximate surface area is 116 Å². The molecule has 1 rings (SSSR count). The molecule has 0 bridgehead atoms. The van der Waals surface area contributed by atoms with Gasteiger partial charge in [0.05, 0.1) is 5.92 Å². The molecule has 1 fully saturated rings. The van der Waals surface area contributed by atoms with Crippen molar-refractivity contribution in [2.75, 3.05) is 6.54 Å². The second kappa shape index (κ2) is 7.51. The highest BCUT2D eigenvalue weighted by atomic mass is 16.4. The molecule has 1 unspecified atom stereocenters. The number of hydrogen-bond acceptors (Lipinski definition) is 2. The van der Waals surface area contributed by atoms with Gasteiger partial charge >= 0.3 is 5.97 Å². The Hall–Kier alpha value is -1.06. The van der Waals surface area contributed by atoms with Crippen LogP contribution in [0.2, 0.25) is 0 Å². The molecule has 1 atom stereocenters. The van der Waals surface area contributed by atoms with E-state index in [1.54, 1.807) is 0 Å². The van der Waals surface area contributed by atoms with Gasteiger partial charge in [-0.25, -0.2) is 0 Å². The summed E-state index contributed by atoms with van der Waals surface area (Å²) in [5, 5.41) is 12.0. The van der Waals surface area contributed by atoms with Crippen molar-refractivity contribution in [3.63, 3.8) is 0 Å². The van der Waals surface area contributed by atoms with E-state index in [0.717, 1.165) is 38.5 Å². The fourth-order valence-corrected chi connectivity index (χ4v) is 3.03. The van der Waals surface area contributed by atoms with Gasteiger partial charge in [-0.1, -0.05) is 39.5 Å². The van der Waals surface area contributed by atoms with Crippen molar-refractivity contribution in [3.8, 4) is 0 Å². The van der Waals surface area contributed by atoms with Crippen molar-refractivity contribution in [2.24, 2.45) is 11.3 Å². The SMILES string of the molecule is CCCC(CNC(=O)C1(CC)CCCCC1)C(=O)O. The number of carbonyl (C=O) groups is 2. The van der Waals surface area contributed by atoms with Crippen molar-refractivity contribution in [1.82, 2.24) is 5.32 Å². The van der Waals surface area contributed by atoms with Crippen molar-refractivity contribution in [3.05, 3.63) is 0 Å². The molecule has 4 nitrogen and oxygen atoms in total. The maximum Gasteiger partial charge on any atom is 0.308 e. The van der Waals surface area contributed by atoms with Gasteiger partial charge in [0.15, 0.2) is 0 Å². The van der Waals surface area contributed by atoms with E-state index in [1.807, 2.05) is 6.92 Å². The third kappa shape index (κ3) is 4.22. The Balaban J connectivity index is 2.54. The number of aliphatic carboxylic acids is 1. The van der Waals surface area contributed by atoms with Gasteiger partial charge < -0.3 is 10.4 Å². The summed E-state index contributed by atoms with van der Waals surface area (Å²) in [5.41, 5.74) is -0.243. The first-order valence-electron chi connectivity index (χ1n) is 7.57. The highest BCUT2D eigenvalue weighted by Crippen LogP contribution is 2.39. The lowest BCUT2D eigenvalue weighted by molar-refractivity contribution is -0.142. The molecule has 2 N–H and O–H groups in total. The van der Waals surface area contributed by atoms with Crippen LogP contribution in [-0.2, 0) is 9.59 Å². The minimum atomic E-state index is -0.809. The number of hydrogen-bond donors (Lipinski definition) is 2. The van der Waals surface area contributed by atoms with E-state index in [4.69, 9.17) is 5.11 Å². The Morgan fingerprint density at radius 1 is 1.21 bits per heavy atom. The van der Waals surface area contributed by atoms with Crippen LogP contribution in [-0.4, -0.2) is 23.5 Å². The Morgan fingerprint density at radius 2 is 1.84 bits per heavy atom. The lowest BCUT2D eigenvalue weighted by Crippen LogP contribution is -2.44. The van der Waals surface area contributed by atoms with Gasteiger partial charge in [-0.15, -0.1) is 0 Å². The smallest absolute Gasteiger partial charge is 0.308 e. The minimum Gasteiger partial charge on any atom is -0.481 e. The van der Waals surface area contributed by atoms with Crippen molar-refractivity contribution < 1.29 is 14.7 Å². The maximum absolute atomic E-state index is 12.4. The third-order valence-electron chi connectivity index (χ3n) is 4.46. The fourth-order valence-electron chi connectivity index (χ4n) is 3.03. The first kappa shape index (κ1) is 16.0. The molecule has 0 spiro atoms. The number of carboxylic acids is 1. The van der Waals surface area contributed by atoms with Crippen LogP contribution in [0.15, 0.2) is 0 Å². The van der Waals surface area contributed by atoms with Crippen molar-refractivity contribution in [2.45, 2.75) is 65.2 Å².